The average Bonchev–Trinajstić information content (AvgIpc) is 2.53. The lowest BCUT2D eigenvalue weighted by molar-refractivity contribution is 0.0459. The molecule has 0 aliphatic rings. The first-order valence-electron chi connectivity index (χ1n) is 7.30. The summed E-state index contributed by atoms with van der Waals surface area (Å²) in [5, 5.41) is 2.79. The van der Waals surface area contributed by atoms with Crippen molar-refractivity contribution in [2.75, 3.05) is 11.9 Å². The second kappa shape index (κ2) is 7.92. The lowest BCUT2D eigenvalue weighted by atomic mass is 10.2. The smallest absolute Gasteiger partial charge is 0.338 e. The Kier molecular flexibility index (Phi) is 5.93. The van der Waals surface area contributed by atoms with Gasteiger partial charge in [-0.05, 0) is 48.4 Å². The third kappa shape index (κ3) is 5.21. The maximum absolute atomic E-state index is 12.1. The van der Waals surface area contributed by atoms with E-state index < -0.39 is 0 Å². The van der Waals surface area contributed by atoms with E-state index in [9.17, 15) is 9.59 Å². The molecule has 1 amide bonds. The molecule has 5 heteroatoms. The normalized spacial score (nSPS) is 10.4. The molecule has 0 bridgehead atoms. The van der Waals surface area contributed by atoms with Crippen molar-refractivity contribution in [2.24, 2.45) is 5.92 Å². The summed E-state index contributed by atoms with van der Waals surface area (Å²) in [5.74, 6) is -0.271. The van der Waals surface area contributed by atoms with E-state index in [1.807, 2.05) is 19.9 Å². The number of esters is 1. The van der Waals surface area contributed by atoms with Crippen LogP contribution in [0.1, 0.15) is 34.6 Å². The quantitative estimate of drug-likeness (QED) is 0.781. The van der Waals surface area contributed by atoms with Gasteiger partial charge in [-0.2, -0.15) is 0 Å². The first-order valence-corrected chi connectivity index (χ1v) is 8.09. The summed E-state index contributed by atoms with van der Waals surface area (Å²) in [5.41, 5.74) is 1.64. The number of carbonyl (C=O) groups excluding carboxylic acids is 2. The summed E-state index contributed by atoms with van der Waals surface area (Å²) in [6, 6.07) is 13.8. The minimum absolute atomic E-state index is 0.207. The highest BCUT2D eigenvalue weighted by atomic mass is 79.9. The first-order chi connectivity index (χ1) is 11.0. The first kappa shape index (κ1) is 17.2. The van der Waals surface area contributed by atoms with Crippen LogP contribution in [0.2, 0.25) is 0 Å². The molecule has 0 aliphatic heterocycles. The molecule has 0 radical (unpaired) electrons. The van der Waals surface area contributed by atoms with E-state index in [1.54, 1.807) is 42.5 Å². The number of nitrogens with one attached hydrogen (secondary N) is 1. The van der Waals surface area contributed by atoms with Crippen molar-refractivity contribution in [1.29, 1.82) is 0 Å². The van der Waals surface area contributed by atoms with Crippen molar-refractivity contribution < 1.29 is 14.3 Å². The number of rotatable bonds is 5. The van der Waals surface area contributed by atoms with Gasteiger partial charge >= 0.3 is 5.97 Å². The zero-order chi connectivity index (χ0) is 16.8. The molecule has 0 heterocycles. The molecule has 4 nitrogen and oxygen atoms in total. The maximum Gasteiger partial charge on any atom is 0.338 e. The Morgan fingerprint density at radius 1 is 1.09 bits per heavy atom. The van der Waals surface area contributed by atoms with Crippen molar-refractivity contribution in [3.8, 4) is 0 Å². The predicted octanol–water partition coefficient (Wildman–Crippen LogP) is 4.51. The average molecular weight is 376 g/mol. The highest BCUT2D eigenvalue weighted by Gasteiger charge is 2.10. The summed E-state index contributed by atoms with van der Waals surface area (Å²) in [6.45, 7) is 4.35. The van der Waals surface area contributed by atoms with Crippen molar-refractivity contribution in [1.82, 2.24) is 0 Å². The Morgan fingerprint density at radius 3 is 2.39 bits per heavy atom. The van der Waals surface area contributed by atoms with Crippen LogP contribution in [0, 0.1) is 5.92 Å². The van der Waals surface area contributed by atoms with Gasteiger partial charge in [-0.3, -0.25) is 4.79 Å². The van der Waals surface area contributed by atoms with Gasteiger partial charge in [-0.1, -0.05) is 35.8 Å². The van der Waals surface area contributed by atoms with Crippen LogP contribution in [0.5, 0.6) is 0 Å². The van der Waals surface area contributed by atoms with E-state index in [-0.39, 0.29) is 11.9 Å². The highest BCUT2D eigenvalue weighted by molar-refractivity contribution is 9.10. The lowest BCUT2D eigenvalue weighted by Crippen LogP contribution is -2.12. The standard InChI is InChI=1S/C18H18BrNO3/c1-12(2)11-23-18(22)13-6-8-16(9-7-13)20-17(21)14-4-3-5-15(19)10-14/h3-10,12H,11H2,1-2H3,(H,20,21). The molecule has 0 aromatic heterocycles. The molecule has 2 aromatic carbocycles. The van der Waals surface area contributed by atoms with Crippen LogP contribution in [0.4, 0.5) is 5.69 Å². The third-order valence-electron chi connectivity index (χ3n) is 3.01. The summed E-state index contributed by atoms with van der Waals surface area (Å²) in [4.78, 5) is 24.0. The Hall–Kier alpha value is -2.14. The zero-order valence-electron chi connectivity index (χ0n) is 13.0. The zero-order valence-corrected chi connectivity index (χ0v) is 14.6. The van der Waals surface area contributed by atoms with Gasteiger partial charge in [-0.15, -0.1) is 0 Å². The number of benzene rings is 2. The maximum atomic E-state index is 12.1. The minimum atomic E-state index is -0.358. The molecule has 2 aromatic rings. The van der Waals surface area contributed by atoms with Gasteiger partial charge in [0.1, 0.15) is 0 Å². The fourth-order valence-corrected chi connectivity index (χ4v) is 2.25. The van der Waals surface area contributed by atoms with Gasteiger partial charge in [0, 0.05) is 15.7 Å². The molecular weight excluding hydrogens is 358 g/mol. The predicted molar refractivity (Wildman–Crippen MR) is 93.7 cm³/mol. The molecule has 0 spiro atoms. The van der Waals surface area contributed by atoms with Crippen molar-refractivity contribution >= 4 is 33.5 Å². The van der Waals surface area contributed by atoms with Crippen molar-refractivity contribution in [3.63, 3.8) is 0 Å². The van der Waals surface area contributed by atoms with E-state index in [1.165, 1.54) is 0 Å². The van der Waals surface area contributed by atoms with Crippen LogP contribution in [-0.4, -0.2) is 18.5 Å². The molecule has 2 rings (SSSR count). The fraction of sp³-hybridized carbons (Fsp3) is 0.222. The van der Waals surface area contributed by atoms with Gasteiger partial charge in [-0.25, -0.2) is 4.79 Å². The van der Waals surface area contributed by atoms with E-state index in [0.29, 0.717) is 29.3 Å². The second-order valence-corrected chi connectivity index (χ2v) is 6.45. The van der Waals surface area contributed by atoms with Crippen LogP contribution >= 0.6 is 15.9 Å². The van der Waals surface area contributed by atoms with E-state index in [0.717, 1.165) is 4.47 Å². The van der Waals surface area contributed by atoms with E-state index in [2.05, 4.69) is 21.2 Å². The summed E-state index contributed by atoms with van der Waals surface area (Å²) in [6.07, 6.45) is 0. The van der Waals surface area contributed by atoms with Crippen LogP contribution in [0.25, 0.3) is 0 Å². The highest BCUT2D eigenvalue weighted by Crippen LogP contribution is 2.15. The largest absolute Gasteiger partial charge is 0.462 e. The number of anilines is 1. The molecular formula is C18H18BrNO3. The minimum Gasteiger partial charge on any atom is -0.462 e. The molecule has 1 N–H and O–H groups in total. The topological polar surface area (TPSA) is 55.4 Å². The van der Waals surface area contributed by atoms with Gasteiger partial charge in [0.2, 0.25) is 0 Å². The summed E-state index contributed by atoms with van der Waals surface area (Å²) in [7, 11) is 0. The Morgan fingerprint density at radius 2 is 1.78 bits per heavy atom. The lowest BCUT2D eigenvalue weighted by Gasteiger charge is -2.08. The molecule has 0 fully saturated rings. The third-order valence-corrected chi connectivity index (χ3v) is 3.51. The molecule has 120 valence electrons. The monoisotopic (exact) mass is 375 g/mol. The van der Waals surface area contributed by atoms with Crippen molar-refractivity contribution in [2.45, 2.75) is 13.8 Å². The van der Waals surface area contributed by atoms with Gasteiger partial charge < -0.3 is 10.1 Å². The number of halogens is 1. The second-order valence-electron chi connectivity index (χ2n) is 5.53. The molecule has 0 unspecified atom stereocenters. The molecule has 0 saturated heterocycles. The fourth-order valence-electron chi connectivity index (χ4n) is 1.85. The Labute approximate surface area is 144 Å². The molecule has 23 heavy (non-hydrogen) atoms. The number of carbonyl (C=O) groups is 2. The molecule has 0 aliphatic carbocycles. The number of amides is 1. The van der Waals surface area contributed by atoms with Crippen LogP contribution < -0.4 is 5.32 Å². The van der Waals surface area contributed by atoms with Gasteiger partial charge in [0.25, 0.3) is 5.91 Å². The van der Waals surface area contributed by atoms with Crippen molar-refractivity contribution in [3.05, 3.63) is 64.1 Å². The van der Waals surface area contributed by atoms with Crippen LogP contribution in [-0.2, 0) is 4.74 Å². The molecule has 0 atom stereocenters. The SMILES string of the molecule is CC(C)COC(=O)c1ccc(NC(=O)c2cccc(Br)c2)cc1. The van der Waals surface area contributed by atoms with Crippen LogP contribution in [0.15, 0.2) is 53.0 Å². The molecule has 0 saturated carbocycles. The summed E-state index contributed by atoms with van der Waals surface area (Å²) >= 11 is 3.33. The van der Waals surface area contributed by atoms with Gasteiger partial charge in [0.05, 0.1) is 12.2 Å². The van der Waals surface area contributed by atoms with Crippen LogP contribution in [0.3, 0.4) is 0 Å². The summed E-state index contributed by atoms with van der Waals surface area (Å²) < 4.78 is 6.00. The number of ether oxygens (including phenoxy) is 1. The van der Waals surface area contributed by atoms with E-state index >= 15 is 0 Å². The Balaban J connectivity index is 1.99. The number of hydrogen-bond acceptors (Lipinski definition) is 3. The number of hydrogen-bond donors (Lipinski definition) is 1. The van der Waals surface area contributed by atoms with E-state index in [4.69, 9.17) is 4.74 Å². The van der Waals surface area contributed by atoms with Gasteiger partial charge in [0.15, 0.2) is 0 Å². The Bertz CT molecular complexity index is 696.